The summed E-state index contributed by atoms with van der Waals surface area (Å²) >= 11 is 0. The van der Waals surface area contributed by atoms with Crippen molar-refractivity contribution in [2.75, 3.05) is 6.61 Å². The SMILES string of the molecule is Cc1cc(C(N)=O)nn1-c1ccc(Cc2ccc(-c3ccc(CCCCO)cc3)cc2)cc1. The van der Waals surface area contributed by atoms with Crippen LogP contribution in [0.3, 0.4) is 0 Å². The summed E-state index contributed by atoms with van der Waals surface area (Å²) in [4.78, 5) is 11.4. The number of carbonyl (C=O) groups excluding carboxylic acids is 1. The normalized spacial score (nSPS) is 11.0. The fourth-order valence-electron chi connectivity index (χ4n) is 3.97. The zero-order valence-electron chi connectivity index (χ0n) is 18.9. The van der Waals surface area contributed by atoms with Crippen LogP contribution in [0.5, 0.6) is 0 Å². The Labute approximate surface area is 194 Å². The predicted molar refractivity (Wildman–Crippen MR) is 132 cm³/mol. The van der Waals surface area contributed by atoms with E-state index in [-0.39, 0.29) is 12.3 Å². The van der Waals surface area contributed by atoms with E-state index < -0.39 is 5.91 Å². The first-order valence-electron chi connectivity index (χ1n) is 11.3. The Kier molecular flexibility index (Phi) is 7.01. The number of benzene rings is 3. The molecular weight excluding hydrogens is 410 g/mol. The number of rotatable bonds is 9. The van der Waals surface area contributed by atoms with Gasteiger partial charge in [0.25, 0.3) is 5.91 Å². The van der Waals surface area contributed by atoms with Crippen LogP contribution in [0, 0.1) is 6.92 Å². The molecule has 4 rings (SSSR count). The summed E-state index contributed by atoms with van der Waals surface area (Å²) in [6.45, 7) is 2.16. The number of hydrogen-bond acceptors (Lipinski definition) is 3. The van der Waals surface area contributed by atoms with Gasteiger partial charge in [0.2, 0.25) is 0 Å². The summed E-state index contributed by atoms with van der Waals surface area (Å²) in [7, 11) is 0. The highest BCUT2D eigenvalue weighted by molar-refractivity contribution is 5.90. The minimum Gasteiger partial charge on any atom is -0.396 e. The Balaban J connectivity index is 1.40. The van der Waals surface area contributed by atoms with E-state index in [9.17, 15) is 4.79 Å². The molecule has 5 heteroatoms. The third-order valence-electron chi connectivity index (χ3n) is 5.84. The predicted octanol–water partition coefficient (Wildman–Crippen LogP) is 4.85. The number of nitrogens with two attached hydrogens (primary N) is 1. The van der Waals surface area contributed by atoms with Crippen molar-refractivity contribution in [3.8, 4) is 16.8 Å². The maximum absolute atomic E-state index is 11.4. The number of aryl methyl sites for hydroxylation is 2. The maximum Gasteiger partial charge on any atom is 0.269 e. The molecule has 168 valence electrons. The Bertz CT molecular complexity index is 1210. The third kappa shape index (κ3) is 5.57. The van der Waals surface area contributed by atoms with Gasteiger partial charge in [-0.25, -0.2) is 4.68 Å². The Morgan fingerprint density at radius 2 is 1.39 bits per heavy atom. The molecule has 1 aromatic heterocycles. The highest BCUT2D eigenvalue weighted by Crippen LogP contribution is 2.22. The molecule has 0 fully saturated rings. The average molecular weight is 440 g/mol. The molecule has 0 aliphatic carbocycles. The van der Waals surface area contributed by atoms with Crippen LogP contribution < -0.4 is 5.73 Å². The number of hydrogen-bond donors (Lipinski definition) is 2. The van der Waals surface area contributed by atoms with Crippen molar-refractivity contribution >= 4 is 5.91 Å². The molecule has 0 radical (unpaired) electrons. The first kappa shape index (κ1) is 22.5. The molecule has 0 saturated heterocycles. The first-order chi connectivity index (χ1) is 16.0. The van der Waals surface area contributed by atoms with Crippen molar-refractivity contribution in [1.29, 1.82) is 0 Å². The summed E-state index contributed by atoms with van der Waals surface area (Å²) in [6, 6.07) is 27.3. The second-order valence-corrected chi connectivity index (χ2v) is 8.36. The lowest BCUT2D eigenvalue weighted by atomic mass is 9.99. The van der Waals surface area contributed by atoms with Crippen LogP contribution in [0.15, 0.2) is 78.9 Å². The maximum atomic E-state index is 11.4. The third-order valence-corrected chi connectivity index (χ3v) is 5.84. The summed E-state index contributed by atoms with van der Waals surface area (Å²) in [5.74, 6) is -0.522. The lowest BCUT2D eigenvalue weighted by Gasteiger charge is -2.08. The quantitative estimate of drug-likeness (QED) is 0.366. The van der Waals surface area contributed by atoms with E-state index in [0.29, 0.717) is 0 Å². The Hall–Kier alpha value is -3.70. The van der Waals surface area contributed by atoms with Gasteiger partial charge >= 0.3 is 0 Å². The van der Waals surface area contributed by atoms with Gasteiger partial charge in [0.15, 0.2) is 5.69 Å². The lowest BCUT2D eigenvalue weighted by molar-refractivity contribution is 0.0995. The monoisotopic (exact) mass is 439 g/mol. The van der Waals surface area contributed by atoms with Gasteiger partial charge in [-0.15, -0.1) is 0 Å². The average Bonchev–Trinajstić information content (AvgIpc) is 3.23. The van der Waals surface area contributed by atoms with Crippen LogP contribution in [-0.2, 0) is 12.8 Å². The van der Waals surface area contributed by atoms with Crippen LogP contribution in [0.4, 0.5) is 0 Å². The summed E-state index contributed by atoms with van der Waals surface area (Å²) in [5.41, 5.74) is 13.6. The molecule has 1 heterocycles. The Morgan fingerprint density at radius 1 is 0.848 bits per heavy atom. The van der Waals surface area contributed by atoms with Crippen LogP contribution in [0.1, 0.15) is 45.7 Å². The molecule has 0 atom stereocenters. The van der Waals surface area contributed by atoms with E-state index in [2.05, 4.69) is 65.8 Å². The molecular formula is C28H29N3O2. The molecule has 4 aromatic rings. The molecule has 0 spiro atoms. The van der Waals surface area contributed by atoms with Gasteiger partial charge in [-0.3, -0.25) is 4.79 Å². The molecule has 0 bridgehead atoms. The van der Waals surface area contributed by atoms with Crippen LogP contribution in [0.25, 0.3) is 16.8 Å². The van der Waals surface area contributed by atoms with Crippen LogP contribution in [0.2, 0.25) is 0 Å². The number of aliphatic hydroxyl groups is 1. The topological polar surface area (TPSA) is 81.1 Å². The molecule has 0 saturated carbocycles. The van der Waals surface area contributed by atoms with Crippen molar-refractivity contribution in [3.05, 3.63) is 107 Å². The summed E-state index contributed by atoms with van der Waals surface area (Å²) in [6.07, 6.45) is 3.71. The fourth-order valence-corrected chi connectivity index (χ4v) is 3.97. The van der Waals surface area contributed by atoms with E-state index in [1.54, 1.807) is 10.7 Å². The number of unbranched alkanes of at least 4 members (excludes halogenated alkanes) is 1. The van der Waals surface area contributed by atoms with Crippen molar-refractivity contribution in [3.63, 3.8) is 0 Å². The van der Waals surface area contributed by atoms with Crippen molar-refractivity contribution in [1.82, 2.24) is 9.78 Å². The largest absolute Gasteiger partial charge is 0.396 e. The van der Waals surface area contributed by atoms with Gasteiger partial charge in [0, 0.05) is 12.3 Å². The standard InChI is InChI=1S/C28H29N3O2/c1-20-18-27(28(29)33)30-31(20)26-15-9-23(10-16-26)19-22-7-13-25(14-8-22)24-11-5-21(6-12-24)4-2-3-17-32/h5-16,18,32H,2-4,17,19H2,1H3,(H2,29,33). The molecule has 0 unspecified atom stereocenters. The zero-order valence-corrected chi connectivity index (χ0v) is 18.9. The number of carbonyl (C=O) groups is 1. The molecule has 1 amide bonds. The molecule has 0 aliphatic heterocycles. The van der Waals surface area contributed by atoms with Crippen molar-refractivity contribution in [2.45, 2.75) is 32.6 Å². The van der Waals surface area contributed by atoms with Gasteiger partial charge in [-0.2, -0.15) is 5.10 Å². The number of aromatic nitrogens is 2. The molecule has 3 N–H and O–H groups in total. The number of aliphatic hydroxyl groups excluding tert-OH is 1. The fraction of sp³-hybridized carbons (Fsp3) is 0.214. The second kappa shape index (κ2) is 10.3. The Morgan fingerprint density at radius 3 is 1.91 bits per heavy atom. The van der Waals surface area contributed by atoms with Crippen molar-refractivity contribution < 1.29 is 9.90 Å². The van der Waals surface area contributed by atoms with Crippen molar-refractivity contribution in [2.24, 2.45) is 5.73 Å². The van der Waals surface area contributed by atoms with E-state index in [4.69, 9.17) is 10.8 Å². The molecule has 5 nitrogen and oxygen atoms in total. The number of amides is 1. The van der Waals surface area contributed by atoms with E-state index >= 15 is 0 Å². The van der Waals surface area contributed by atoms with Crippen LogP contribution in [-0.4, -0.2) is 27.4 Å². The first-order valence-corrected chi connectivity index (χ1v) is 11.3. The minimum atomic E-state index is -0.522. The zero-order chi connectivity index (χ0) is 23.2. The van der Waals surface area contributed by atoms with Gasteiger partial charge in [0.05, 0.1) is 5.69 Å². The molecule has 3 aromatic carbocycles. The van der Waals surface area contributed by atoms with Gasteiger partial charge in [-0.1, -0.05) is 60.7 Å². The van der Waals surface area contributed by atoms with Crippen LogP contribution >= 0.6 is 0 Å². The highest BCUT2D eigenvalue weighted by Gasteiger charge is 2.10. The van der Waals surface area contributed by atoms with E-state index in [1.165, 1.54) is 27.8 Å². The number of primary amides is 1. The van der Waals surface area contributed by atoms with Gasteiger partial charge < -0.3 is 10.8 Å². The molecule has 33 heavy (non-hydrogen) atoms. The summed E-state index contributed by atoms with van der Waals surface area (Å²) in [5, 5.41) is 13.2. The molecule has 0 aliphatic rings. The second-order valence-electron chi connectivity index (χ2n) is 8.36. The smallest absolute Gasteiger partial charge is 0.269 e. The lowest BCUT2D eigenvalue weighted by Crippen LogP contribution is -2.12. The number of nitrogens with zero attached hydrogens (tertiary/aromatic N) is 2. The summed E-state index contributed by atoms with van der Waals surface area (Å²) < 4.78 is 1.73. The van der Waals surface area contributed by atoms with Gasteiger partial charge in [-0.05, 0) is 78.6 Å². The minimum absolute atomic E-state index is 0.260. The van der Waals surface area contributed by atoms with E-state index in [1.807, 2.05) is 19.1 Å². The van der Waals surface area contributed by atoms with Gasteiger partial charge in [0.1, 0.15) is 0 Å². The van der Waals surface area contributed by atoms with E-state index in [0.717, 1.165) is 37.1 Å². The highest BCUT2D eigenvalue weighted by atomic mass is 16.2.